The maximum Gasteiger partial charge on any atom is 0.183 e. The summed E-state index contributed by atoms with van der Waals surface area (Å²) in [7, 11) is -3.75. The van der Waals surface area contributed by atoms with Gasteiger partial charge in [0.25, 0.3) is 0 Å². The van der Waals surface area contributed by atoms with E-state index in [1.807, 2.05) is 0 Å². The van der Waals surface area contributed by atoms with Gasteiger partial charge in [-0.05, 0) is 25.0 Å². The zero-order chi connectivity index (χ0) is 14.8. The Hall–Kier alpha value is -1.34. The minimum absolute atomic E-state index is 0.297. The number of carbonyl (C=O) groups is 1. The van der Waals surface area contributed by atoms with Gasteiger partial charge < -0.3 is 4.74 Å². The van der Waals surface area contributed by atoms with Crippen LogP contribution in [0.15, 0.2) is 18.2 Å². The number of halogens is 2. The quantitative estimate of drug-likeness (QED) is 0.778. The molecule has 20 heavy (non-hydrogen) atoms. The van der Waals surface area contributed by atoms with Crippen LogP contribution in [-0.4, -0.2) is 38.4 Å². The molecular formula is C13H14F2O4S. The molecule has 110 valence electrons. The van der Waals surface area contributed by atoms with Gasteiger partial charge >= 0.3 is 0 Å². The normalized spacial score (nSPS) is 19.2. The summed E-state index contributed by atoms with van der Waals surface area (Å²) < 4.78 is 55.7. The molecule has 0 N–H and O–H groups in total. The van der Waals surface area contributed by atoms with Gasteiger partial charge in [0.05, 0.1) is 17.4 Å². The molecule has 0 amide bonds. The fourth-order valence-corrected chi connectivity index (χ4v) is 3.65. The van der Waals surface area contributed by atoms with Crippen molar-refractivity contribution >= 4 is 15.6 Å². The topological polar surface area (TPSA) is 60.4 Å². The van der Waals surface area contributed by atoms with Crippen LogP contribution in [0.2, 0.25) is 0 Å². The van der Waals surface area contributed by atoms with Crippen LogP contribution >= 0.6 is 0 Å². The SMILES string of the molecule is O=C(CS(=O)(=O)CC1CCCO1)c1c(F)cccc1F. The first-order valence-electron chi connectivity index (χ1n) is 6.18. The van der Waals surface area contributed by atoms with Crippen molar-refractivity contribution in [1.29, 1.82) is 0 Å². The Balaban J connectivity index is 2.10. The summed E-state index contributed by atoms with van der Waals surface area (Å²) in [5.74, 6) is -4.39. The Morgan fingerprint density at radius 3 is 2.50 bits per heavy atom. The van der Waals surface area contributed by atoms with E-state index in [0.717, 1.165) is 24.6 Å². The van der Waals surface area contributed by atoms with Gasteiger partial charge in [-0.3, -0.25) is 4.79 Å². The van der Waals surface area contributed by atoms with Crippen molar-refractivity contribution in [3.8, 4) is 0 Å². The molecule has 0 radical (unpaired) electrons. The number of rotatable bonds is 5. The van der Waals surface area contributed by atoms with Gasteiger partial charge in [0.15, 0.2) is 15.6 Å². The van der Waals surface area contributed by atoms with E-state index in [1.54, 1.807) is 0 Å². The second-order valence-electron chi connectivity index (χ2n) is 4.71. The first-order valence-corrected chi connectivity index (χ1v) is 8.00. The highest BCUT2D eigenvalue weighted by Crippen LogP contribution is 2.17. The van der Waals surface area contributed by atoms with Gasteiger partial charge in [-0.25, -0.2) is 17.2 Å². The summed E-state index contributed by atoms with van der Waals surface area (Å²) in [6.07, 6.45) is 0.954. The van der Waals surface area contributed by atoms with Gasteiger partial charge in [0.1, 0.15) is 17.4 Å². The van der Waals surface area contributed by atoms with Crippen LogP contribution in [0.4, 0.5) is 8.78 Å². The van der Waals surface area contributed by atoms with E-state index in [-0.39, 0.29) is 5.75 Å². The second kappa shape index (κ2) is 5.97. The molecule has 4 nitrogen and oxygen atoms in total. The molecule has 7 heteroatoms. The van der Waals surface area contributed by atoms with Crippen molar-refractivity contribution in [2.45, 2.75) is 18.9 Å². The lowest BCUT2D eigenvalue weighted by atomic mass is 10.1. The van der Waals surface area contributed by atoms with Crippen LogP contribution in [0.1, 0.15) is 23.2 Å². The van der Waals surface area contributed by atoms with Crippen LogP contribution in [0.5, 0.6) is 0 Å². The van der Waals surface area contributed by atoms with Gasteiger partial charge in [-0.2, -0.15) is 0 Å². The third-order valence-electron chi connectivity index (χ3n) is 3.06. The van der Waals surface area contributed by atoms with Crippen molar-refractivity contribution in [2.24, 2.45) is 0 Å². The Bertz CT molecular complexity index is 587. The van der Waals surface area contributed by atoms with Crippen LogP contribution in [0.3, 0.4) is 0 Å². The van der Waals surface area contributed by atoms with Gasteiger partial charge in [0.2, 0.25) is 0 Å². The highest BCUT2D eigenvalue weighted by molar-refractivity contribution is 7.92. The summed E-state index contributed by atoms with van der Waals surface area (Å²) in [5.41, 5.74) is -0.802. The van der Waals surface area contributed by atoms with Crippen molar-refractivity contribution < 1.29 is 26.7 Å². The summed E-state index contributed by atoms with van der Waals surface area (Å²) >= 11 is 0. The minimum atomic E-state index is -3.75. The average molecular weight is 304 g/mol. The Labute approximate surface area is 115 Å². The number of carbonyl (C=O) groups excluding carboxylic acids is 1. The molecule has 1 saturated heterocycles. The molecule has 1 unspecified atom stereocenters. The van der Waals surface area contributed by atoms with E-state index in [4.69, 9.17) is 4.74 Å². The van der Waals surface area contributed by atoms with E-state index in [1.165, 1.54) is 0 Å². The molecule has 0 saturated carbocycles. The molecule has 1 aliphatic heterocycles. The Morgan fingerprint density at radius 1 is 1.30 bits per heavy atom. The number of sulfone groups is 1. The summed E-state index contributed by atoms with van der Waals surface area (Å²) in [4.78, 5) is 11.8. The van der Waals surface area contributed by atoms with E-state index in [9.17, 15) is 22.0 Å². The number of benzene rings is 1. The molecule has 1 aromatic rings. The summed E-state index contributed by atoms with van der Waals surface area (Å²) in [6.45, 7) is 0.496. The number of hydrogen-bond donors (Lipinski definition) is 0. The van der Waals surface area contributed by atoms with Crippen LogP contribution < -0.4 is 0 Å². The average Bonchev–Trinajstić information content (AvgIpc) is 2.79. The summed E-state index contributed by atoms with van der Waals surface area (Å²) in [6, 6.07) is 2.95. The first-order chi connectivity index (χ1) is 9.39. The lowest BCUT2D eigenvalue weighted by Crippen LogP contribution is -2.27. The molecule has 2 rings (SSSR count). The lowest BCUT2D eigenvalue weighted by Gasteiger charge is -2.10. The smallest absolute Gasteiger partial charge is 0.183 e. The highest BCUT2D eigenvalue weighted by atomic mass is 32.2. The van der Waals surface area contributed by atoms with Crippen molar-refractivity contribution in [3.63, 3.8) is 0 Å². The maximum atomic E-state index is 13.4. The first kappa shape index (κ1) is 15.1. The standard InChI is InChI=1S/C13H14F2O4S/c14-10-4-1-5-11(15)13(10)12(16)8-20(17,18)7-9-3-2-6-19-9/h1,4-5,9H,2-3,6-8H2. The minimum Gasteiger partial charge on any atom is -0.377 e. The van der Waals surface area contributed by atoms with E-state index < -0.39 is 44.7 Å². The fourth-order valence-electron chi connectivity index (χ4n) is 2.15. The Kier molecular flexibility index (Phi) is 4.49. The number of ketones is 1. The van der Waals surface area contributed by atoms with Crippen LogP contribution in [-0.2, 0) is 14.6 Å². The highest BCUT2D eigenvalue weighted by Gasteiger charge is 2.28. The molecule has 1 aliphatic rings. The zero-order valence-corrected chi connectivity index (χ0v) is 11.5. The van der Waals surface area contributed by atoms with E-state index in [0.29, 0.717) is 13.0 Å². The predicted octanol–water partition coefficient (Wildman–Crippen LogP) is 1.74. The van der Waals surface area contributed by atoms with Crippen LogP contribution in [0.25, 0.3) is 0 Å². The van der Waals surface area contributed by atoms with E-state index in [2.05, 4.69) is 0 Å². The monoisotopic (exact) mass is 304 g/mol. The number of Topliss-reactive ketones (excluding diaryl/α,β-unsaturated/α-hetero) is 1. The summed E-state index contributed by atoms with van der Waals surface area (Å²) in [5, 5.41) is 0. The molecule has 1 aromatic carbocycles. The largest absolute Gasteiger partial charge is 0.377 e. The third-order valence-corrected chi connectivity index (χ3v) is 4.64. The predicted molar refractivity (Wildman–Crippen MR) is 68.3 cm³/mol. The maximum absolute atomic E-state index is 13.4. The molecule has 0 spiro atoms. The molecule has 0 bridgehead atoms. The fraction of sp³-hybridized carbons (Fsp3) is 0.462. The van der Waals surface area contributed by atoms with Gasteiger partial charge in [-0.1, -0.05) is 6.07 Å². The molecule has 1 fully saturated rings. The lowest BCUT2D eigenvalue weighted by molar-refractivity contribution is 0.101. The molecule has 0 aliphatic carbocycles. The zero-order valence-electron chi connectivity index (χ0n) is 10.6. The molecule has 1 atom stereocenters. The van der Waals surface area contributed by atoms with Crippen molar-refractivity contribution in [1.82, 2.24) is 0 Å². The van der Waals surface area contributed by atoms with E-state index >= 15 is 0 Å². The number of ether oxygens (including phenoxy) is 1. The molecular weight excluding hydrogens is 290 g/mol. The van der Waals surface area contributed by atoms with Crippen molar-refractivity contribution in [3.05, 3.63) is 35.4 Å². The van der Waals surface area contributed by atoms with Crippen molar-refractivity contribution in [2.75, 3.05) is 18.1 Å². The second-order valence-corrected chi connectivity index (χ2v) is 6.82. The molecule has 1 heterocycles. The third kappa shape index (κ3) is 3.61. The molecule has 0 aromatic heterocycles. The number of hydrogen-bond acceptors (Lipinski definition) is 4. The van der Waals surface area contributed by atoms with Crippen LogP contribution in [0, 0.1) is 11.6 Å². The van der Waals surface area contributed by atoms with Gasteiger partial charge in [-0.15, -0.1) is 0 Å². The van der Waals surface area contributed by atoms with Gasteiger partial charge in [0, 0.05) is 6.61 Å². The Morgan fingerprint density at radius 2 is 1.95 bits per heavy atom.